The molecule has 1 amide bonds. The van der Waals surface area contributed by atoms with E-state index in [0.717, 1.165) is 19.3 Å². The van der Waals surface area contributed by atoms with Crippen molar-refractivity contribution in [3.8, 4) is 11.5 Å². The van der Waals surface area contributed by atoms with E-state index in [1.165, 1.54) is 4.31 Å². The molecule has 0 spiro atoms. The molecule has 32 heavy (non-hydrogen) atoms. The number of sulfonamides is 1. The van der Waals surface area contributed by atoms with Gasteiger partial charge in [0.2, 0.25) is 22.7 Å². The zero-order chi connectivity index (χ0) is 22.1. The minimum atomic E-state index is -3.54. The van der Waals surface area contributed by atoms with Crippen LogP contribution in [0.5, 0.6) is 11.5 Å². The molecule has 2 aliphatic rings. The number of rotatable bonds is 6. The molecular formula is C21H23N5O5S. The van der Waals surface area contributed by atoms with E-state index in [-0.39, 0.29) is 24.0 Å². The third-order valence-corrected chi connectivity index (χ3v) is 7.54. The Hall–Kier alpha value is -3.18. The predicted octanol–water partition coefficient (Wildman–Crippen LogP) is 2.36. The van der Waals surface area contributed by atoms with Crippen LogP contribution in [0.1, 0.15) is 25.7 Å². The topological polar surface area (TPSA) is 116 Å². The predicted molar refractivity (Wildman–Crippen MR) is 116 cm³/mol. The summed E-state index contributed by atoms with van der Waals surface area (Å²) in [4.78, 5) is 12.6. The minimum absolute atomic E-state index is 0.174. The van der Waals surface area contributed by atoms with Gasteiger partial charge in [0.1, 0.15) is 5.52 Å². The molecule has 3 aromatic rings. The fourth-order valence-corrected chi connectivity index (χ4v) is 5.47. The van der Waals surface area contributed by atoms with Gasteiger partial charge in [0.15, 0.2) is 11.5 Å². The first kappa shape index (κ1) is 20.7. The molecule has 10 nitrogen and oxygen atoms in total. The van der Waals surface area contributed by atoms with Crippen LogP contribution in [0.2, 0.25) is 0 Å². The Kier molecular flexibility index (Phi) is 5.43. The fraction of sp³-hybridized carbons (Fsp3) is 0.381. The van der Waals surface area contributed by atoms with E-state index >= 15 is 0 Å². The van der Waals surface area contributed by atoms with Crippen molar-refractivity contribution < 1.29 is 22.7 Å². The molecule has 2 aromatic carbocycles. The van der Waals surface area contributed by atoms with Crippen molar-refractivity contribution in [1.82, 2.24) is 19.3 Å². The number of carbonyl (C=O) groups excluding carboxylic acids is 1. The fourth-order valence-electron chi connectivity index (χ4n) is 3.94. The number of piperidine rings is 1. The van der Waals surface area contributed by atoms with Crippen LogP contribution in [0, 0.1) is 0 Å². The standard InChI is InChI=1S/C21H23N5O5S/c27-21(22-15-4-7-19-20(12-15)31-14-30-19)8-11-26-18-6-5-16(13-17(18)23-24-26)32(28,29)25-9-2-1-3-10-25/h4-7,12-13H,1-3,8-11,14H2,(H,22,27). The van der Waals surface area contributed by atoms with E-state index in [1.54, 1.807) is 41.1 Å². The number of fused-ring (bicyclic) bond motifs is 2. The molecule has 3 heterocycles. The number of hydrogen-bond donors (Lipinski definition) is 1. The van der Waals surface area contributed by atoms with Crippen molar-refractivity contribution in [3.05, 3.63) is 36.4 Å². The van der Waals surface area contributed by atoms with Crippen LogP contribution >= 0.6 is 0 Å². The summed E-state index contributed by atoms with van der Waals surface area (Å²) in [5.41, 5.74) is 1.79. The third-order valence-electron chi connectivity index (χ3n) is 5.65. The minimum Gasteiger partial charge on any atom is -0.454 e. The molecule has 0 radical (unpaired) electrons. The first-order valence-corrected chi connectivity index (χ1v) is 12.0. The number of nitrogens with one attached hydrogen (secondary N) is 1. The van der Waals surface area contributed by atoms with Gasteiger partial charge in [-0.2, -0.15) is 4.31 Å². The maximum Gasteiger partial charge on any atom is 0.243 e. The Labute approximate surface area is 185 Å². The van der Waals surface area contributed by atoms with E-state index in [1.807, 2.05) is 0 Å². The van der Waals surface area contributed by atoms with Crippen molar-refractivity contribution in [2.75, 3.05) is 25.2 Å². The highest BCUT2D eigenvalue weighted by Crippen LogP contribution is 2.34. The lowest BCUT2D eigenvalue weighted by Crippen LogP contribution is -2.35. The van der Waals surface area contributed by atoms with Crippen molar-refractivity contribution in [2.45, 2.75) is 37.1 Å². The molecule has 0 unspecified atom stereocenters. The SMILES string of the molecule is O=C(CCn1nnc2cc(S(=O)(=O)N3CCCCC3)ccc21)Nc1ccc2c(c1)OCO2. The van der Waals surface area contributed by atoms with Crippen LogP contribution in [0.4, 0.5) is 5.69 Å². The molecule has 1 fully saturated rings. The van der Waals surface area contributed by atoms with Gasteiger partial charge in [0.25, 0.3) is 0 Å². The first-order valence-electron chi connectivity index (χ1n) is 10.5. The number of benzene rings is 2. The monoisotopic (exact) mass is 457 g/mol. The molecule has 11 heteroatoms. The largest absolute Gasteiger partial charge is 0.454 e. The van der Waals surface area contributed by atoms with Gasteiger partial charge in [-0.05, 0) is 43.2 Å². The van der Waals surface area contributed by atoms with Gasteiger partial charge in [0.05, 0.1) is 17.0 Å². The number of hydrogen-bond acceptors (Lipinski definition) is 7. The summed E-state index contributed by atoms with van der Waals surface area (Å²) in [7, 11) is -3.54. The van der Waals surface area contributed by atoms with Gasteiger partial charge < -0.3 is 14.8 Å². The van der Waals surface area contributed by atoms with Gasteiger partial charge in [-0.25, -0.2) is 13.1 Å². The second-order valence-corrected chi connectivity index (χ2v) is 9.73. The quantitative estimate of drug-likeness (QED) is 0.604. The average molecular weight is 458 g/mol. The molecule has 1 N–H and O–H groups in total. The number of nitrogens with zero attached hydrogens (tertiary/aromatic N) is 4. The van der Waals surface area contributed by atoms with Gasteiger partial charge in [-0.3, -0.25) is 4.79 Å². The van der Waals surface area contributed by atoms with Crippen LogP contribution in [0.25, 0.3) is 11.0 Å². The highest BCUT2D eigenvalue weighted by atomic mass is 32.2. The third kappa shape index (κ3) is 4.00. The number of anilines is 1. The van der Waals surface area contributed by atoms with E-state index in [0.29, 0.717) is 47.9 Å². The lowest BCUT2D eigenvalue weighted by atomic mass is 10.2. The highest BCUT2D eigenvalue weighted by molar-refractivity contribution is 7.89. The molecule has 0 aliphatic carbocycles. The number of aromatic nitrogens is 3. The van der Waals surface area contributed by atoms with Crippen molar-refractivity contribution >= 4 is 32.7 Å². The summed E-state index contributed by atoms with van der Waals surface area (Å²) in [6.45, 7) is 1.58. The summed E-state index contributed by atoms with van der Waals surface area (Å²) in [5, 5.41) is 11.0. The molecule has 2 aliphatic heterocycles. The zero-order valence-electron chi connectivity index (χ0n) is 17.4. The van der Waals surface area contributed by atoms with E-state index in [4.69, 9.17) is 9.47 Å². The lowest BCUT2D eigenvalue weighted by molar-refractivity contribution is -0.116. The molecule has 1 saturated heterocycles. The maximum atomic E-state index is 12.9. The normalized spacial score (nSPS) is 16.4. The number of ether oxygens (including phenoxy) is 2. The van der Waals surface area contributed by atoms with E-state index in [2.05, 4.69) is 15.6 Å². The lowest BCUT2D eigenvalue weighted by Gasteiger charge is -2.25. The molecule has 0 saturated carbocycles. The Morgan fingerprint density at radius 3 is 2.69 bits per heavy atom. The molecule has 0 bridgehead atoms. The smallest absolute Gasteiger partial charge is 0.243 e. The Morgan fingerprint density at radius 2 is 1.84 bits per heavy atom. The second kappa shape index (κ2) is 8.40. The summed E-state index contributed by atoms with van der Waals surface area (Å²) in [6, 6.07) is 10.0. The van der Waals surface area contributed by atoms with Crippen molar-refractivity contribution in [1.29, 1.82) is 0 Å². The van der Waals surface area contributed by atoms with E-state index < -0.39 is 10.0 Å². The van der Waals surface area contributed by atoms with Crippen molar-refractivity contribution in [3.63, 3.8) is 0 Å². The molecule has 168 valence electrons. The summed E-state index contributed by atoms with van der Waals surface area (Å²) >= 11 is 0. The van der Waals surface area contributed by atoms with Crippen molar-refractivity contribution in [2.24, 2.45) is 0 Å². The Morgan fingerprint density at radius 1 is 1.03 bits per heavy atom. The highest BCUT2D eigenvalue weighted by Gasteiger charge is 2.26. The number of amides is 1. The second-order valence-electron chi connectivity index (χ2n) is 7.79. The summed E-state index contributed by atoms with van der Waals surface area (Å²) in [5.74, 6) is 1.07. The average Bonchev–Trinajstić information content (AvgIpc) is 3.44. The van der Waals surface area contributed by atoms with Gasteiger partial charge in [-0.15, -0.1) is 5.10 Å². The first-order chi connectivity index (χ1) is 15.5. The molecule has 5 rings (SSSR count). The molecule has 1 aromatic heterocycles. The van der Waals surface area contributed by atoms with Crippen LogP contribution in [0.3, 0.4) is 0 Å². The van der Waals surface area contributed by atoms with Crippen LogP contribution in [0.15, 0.2) is 41.3 Å². The zero-order valence-corrected chi connectivity index (χ0v) is 18.2. The number of carbonyl (C=O) groups is 1. The summed E-state index contributed by atoms with van der Waals surface area (Å²) in [6.07, 6.45) is 3.00. The Balaban J connectivity index is 1.25. The maximum absolute atomic E-state index is 12.9. The van der Waals surface area contributed by atoms with E-state index in [9.17, 15) is 13.2 Å². The van der Waals surface area contributed by atoms with Gasteiger partial charge in [0, 0.05) is 31.3 Å². The van der Waals surface area contributed by atoms with Crippen LogP contribution in [-0.4, -0.2) is 53.5 Å². The van der Waals surface area contributed by atoms with Crippen LogP contribution in [-0.2, 0) is 21.4 Å². The Bertz CT molecular complexity index is 1270. The van der Waals surface area contributed by atoms with Crippen LogP contribution < -0.4 is 14.8 Å². The molecular weight excluding hydrogens is 434 g/mol. The number of aryl methyl sites for hydroxylation is 1. The van der Waals surface area contributed by atoms with Gasteiger partial charge >= 0.3 is 0 Å². The molecule has 0 atom stereocenters. The van der Waals surface area contributed by atoms with Gasteiger partial charge in [-0.1, -0.05) is 11.6 Å². The summed E-state index contributed by atoms with van der Waals surface area (Å²) < 4.78 is 39.5.